The van der Waals surface area contributed by atoms with Crippen LogP contribution in [-0.2, 0) is 20.1 Å². The second-order valence-electron chi connectivity index (χ2n) is 12.6. The Morgan fingerprint density at radius 3 is 2.22 bits per heavy atom. The molecule has 5 heteroatoms. The molecule has 0 aliphatic heterocycles. The zero-order valence-corrected chi connectivity index (χ0v) is 31.2. The van der Waals surface area contributed by atoms with Crippen molar-refractivity contribution in [2.45, 2.75) is 43.9 Å². The molecule has 7 rings (SSSR count). The Balaban J connectivity index is 0.000000199. The molecule has 46 heavy (non-hydrogen) atoms. The van der Waals surface area contributed by atoms with Crippen molar-refractivity contribution in [2.24, 2.45) is 0 Å². The van der Waals surface area contributed by atoms with E-state index in [0.717, 1.165) is 50.0 Å². The van der Waals surface area contributed by atoms with E-state index in [1.54, 1.807) is 12.1 Å². The number of furan rings is 1. The average Bonchev–Trinajstić information content (AvgIpc) is 3.45. The number of hydrogen-bond donors (Lipinski definition) is 0. The summed E-state index contributed by atoms with van der Waals surface area (Å²) < 4.78 is 29.6. The second-order valence-corrected chi connectivity index (χ2v) is 23.2. The van der Waals surface area contributed by atoms with E-state index in [9.17, 15) is 0 Å². The zero-order valence-electron chi connectivity index (χ0n) is 29.7. The fourth-order valence-electron chi connectivity index (χ4n) is 5.20. The van der Waals surface area contributed by atoms with Crippen LogP contribution in [0.3, 0.4) is 0 Å². The van der Waals surface area contributed by atoms with Gasteiger partial charge in [0, 0.05) is 26.3 Å². The van der Waals surface area contributed by atoms with E-state index in [0.29, 0.717) is 11.5 Å². The van der Waals surface area contributed by atoms with E-state index in [1.165, 1.54) is 21.6 Å². The first-order chi connectivity index (χ1) is 22.9. The van der Waals surface area contributed by atoms with Crippen LogP contribution in [0.1, 0.15) is 35.0 Å². The Bertz CT molecular complexity index is 2120. The maximum atomic E-state index is 7.35. The standard InChI is InChI=1S/C26H20NO.C15H18GeN.Ir/c1-17(2)19-12-13-27-24(14-19)21-9-11-23-22-10-8-20(18-6-4-3-5-7-18)15-25(22)28-26(23)16-21;1-12-5-7-13(8-6-12)15-10-9-14(11-17-15)16(2,3)4;/h3-15,17H,1-2H3;5-7,9-11H,1-4H3;/q2*-1;/i;1D3;. The van der Waals surface area contributed by atoms with Gasteiger partial charge in [-0.15, -0.1) is 17.7 Å². The predicted molar refractivity (Wildman–Crippen MR) is 192 cm³/mol. The normalized spacial score (nSPS) is 12.5. The molecule has 0 spiro atoms. The van der Waals surface area contributed by atoms with Gasteiger partial charge >= 0.3 is 110 Å². The van der Waals surface area contributed by atoms with Crippen LogP contribution in [0.15, 0.2) is 120 Å². The fraction of sp³-hybridized carbons (Fsp3) is 0.171. The van der Waals surface area contributed by atoms with E-state index in [-0.39, 0.29) is 20.1 Å². The molecule has 7 aromatic rings. The first kappa shape index (κ1) is 29.6. The zero-order chi connectivity index (χ0) is 34.1. The van der Waals surface area contributed by atoms with Gasteiger partial charge in [0.2, 0.25) is 0 Å². The van der Waals surface area contributed by atoms with E-state index >= 15 is 0 Å². The Labute approximate surface area is 293 Å². The Hall–Kier alpha value is -3.83. The molecule has 3 heterocycles. The van der Waals surface area contributed by atoms with Crippen LogP contribution in [0.25, 0.3) is 55.6 Å². The molecule has 0 fully saturated rings. The smallest absolute Gasteiger partial charge is 0 e. The largest absolute Gasteiger partial charge is 0 e. The second kappa shape index (κ2) is 14.3. The molecule has 4 aromatic carbocycles. The van der Waals surface area contributed by atoms with Crippen molar-refractivity contribution in [3.05, 3.63) is 139 Å². The summed E-state index contributed by atoms with van der Waals surface area (Å²) in [5, 5.41) is 2.19. The van der Waals surface area contributed by atoms with Crippen molar-refractivity contribution in [1.29, 1.82) is 0 Å². The van der Waals surface area contributed by atoms with Crippen LogP contribution in [0.2, 0.25) is 17.3 Å². The van der Waals surface area contributed by atoms with Crippen LogP contribution in [-0.4, -0.2) is 23.2 Å². The van der Waals surface area contributed by atoms with Gasteiger partial charge in [-0.3, -0.25) is 0 Å². The molecule has 0 aliphatic carbocycles. The van der Waals surface area contributed by atoms with Crippen molar-refractivity contribution in [2.75, 3.05) is 0 Å². The van der Waals surface area contributed by atoms with Crippen LogP contribution < -0.4 is 4.40 Å². The third kappa shape index (κ3) is 7.58. The summed E-state index contributed by atoms with van der Waals surface area (Å²) in [5.41, 5.74) is 9.11. The number of pyridine rings is 2. The Kier molecular flexibility index (Phi) is 9.19. The minimum Gasteiger partial charge on any atom is 0 e. The van der Waals surface area contributed by atoms with E-state index in [4.69, 9.17) is 8.53 Å². The first-order valence-electron chi connectivity index (χ1n) is 16.8. The molecule has 0 unspecified atom stereocenters. The summed E-state index contributed by atoms with van der Waals surface area (Å²) >= 11 is -1.83. The monoisotopic (exact) mass is 844 g/mol. The van der Waals surface area contributed by atoms with Gasteiger partial charge in [0.05, 0.1) is 5.58 Å². The van der Waals surface area contributed by atoms with E-state index < -0.39 is 20.1 Å². The van der Waals surface area contributed by atoms with Gasteiger partial charge in [0.25, 0.3) is 0 Å². The molecule has 0 atom stereocenters. The van der Waals surface area contributed by atoms with Gasteiger partial charge in [-0.05, 0) is 40.3 Å². The van der Waals surface area contributed by atoms with E-state index in [2.05, 4.69) is 126 Å². The molecule has 3 nitrogen and oxygen atoms in total. The topological polar surface area (TPSA) is 38.9 Å². The van der Waals surface area contributed by atoms with Gasteiger partial charge in [-0.2, -0.15) is 0 Å². The summed E-state index contributed by atoms with van der Waals surface area (Å²) in [7, 11) is 0. The van der Waals surface area contributed by atoms with Crippen molar-refractivity contribution < 1.29 is 28.6 Å². The molecule has 0 N–H and O–H groups in total. The quantitative estimate of drug-likeness (QED) is 0.128. The van der Waals surface area contributed by atoms with Crippen LogP contribution in [0, 0.1) is 19.0 Å². The maximum absolute atomic E-state index is 7.35. The fourth-order valence-corrected chi connectivity index (χ4v) is 7.37. The SMILES string of the molecule is CC(C)c1ccnc(-c2[c-]c3oc4cc(-c5ccccc5)ccc4c3cc2)c1.[2H]C([2H])([2H])c1c[c-]c(-c2cc[c]([Ge]([CH3])([CH3])[CH3])cn2)cc1.[Ir]. The molecule has 0 bridgehead atoms. The van der Waals surface area contributed by atoms with Gasteiger partial charge in [0.15, 0.2) is 0 Å². The minimum atomic E-state index is -2.08. The summed E-state index contributed by atoms with van der Waals surface area (Å²) in [5.74, 6) is 7.45. The van der Waals surface area contributed by atoms with Crippen molar-refractivity contribution >= 4 is 39.6 Å². The van der Waals surface area contributed by atoms with Gasteiger partial charge in [0.1, 0.15) is 5.58 Å². The van der Waals surface area contributed by atoms with Gasteiger partial charge in [-0.25, -0.2) is 0 Å². The molecule has 233 valence electrons. The van der Waals surface area contributed by atoms with Gasteiger partial charge < -0.3 is 9.40 Å². The van der Waals surface area contributed by atoms with Crippen molar-refractivity contribution in [3.8, 4) is 33.6 Å². The molecule has 0 saturated carbocycles. The van der Waals surface area contributed by atoms with Crippen LogP contribution in [0.5, 0.6) is 0 Å². The molecular weight excluding hydrogens is 801 g/mol. The van der Waals surface area contributed by atoms with E-state index in [1.807, 2.05) is 24.5 Å². The van der Waals surface area contributed by atoms with Crippen molar-refractivity contribution in [1.82, 2.24) is 9.97 Å². The summed E-state index contributed by atoms with van der Waals surface area (Å²) in [6.45, 7) is 2.30. The molecule has 0 amide bonds. The average molecular weight is 843 g/mol. The molecule has 0 aliphatic rings. The minimum absolute atomic E-state index is 0. The molecule has 3 aromatic heterocycles. The number of benzene rings is 4. The molecule has 1 radical (unpaired) electrons. The van der Waals surface area contributed by atoms with Gasteiger partial charge in [-0.1, -0.05) is 79.4 Å². The number of aromatic nitrogens is 2. The Morgan fingerprint density at radius 2 is 1.54 bits per heavy atom. The number of fused-ring (bicyclic) bond motifs is 3. The third-order valence-electron chi connectivity index (χ3n) is 7.95. The maximum Gasteiger partial charge on any atom is 0 e. The number of hydrogen-bond acceptors (Lipinski definition) is 3. The first-order valence-corrected chi connectivity index (χ1v) is 22.6. The summed E-state index contributed by atoms with van der Waals surface area (Å²) in [4.78, 5) is 9.02. The Morgan fingerprint density at radius 1 is 0.761 bits per heavy atom. The van der Waals surface area contributed by atoms with Crippen molar-refractivity contribution in [3.63, 3.8) is 0 Å². The molecule has 0 saturated heterocycles. The third-order valence-corrected chi connectivity index (χ3v) is 12.2. The van der Waals surface area contributed by atoms with Crippen LogP contribution in [0.4, 0.5) is 0 Å². The molecular formula is C41H38GeIrN2O-2. The van der Waals surface area contributed by atoms with Crippen LogP contribution >= 0.6 is 0 Å². The summed E-state index contributed by atoms with van der Waals surface area (Å²) in [6, 6.07) is 40.6. The number of nitrogens with zero attached hydrogens (tertiary/aromatic N) is 2. The number of rotatable bonds is 5. The summed E-state index contributed by atoms with van der Waals surface area (Å²) in [6.07, 6.45) is 3.81. The number of aryl methyl sites for hydroxylation is 1. The predicted octanol–water partition coefficient (Wildman–Crippen LogP) is 10.6.